The fourth-order valence-electron chi connectivity index (χ4n) is 2.91. The summed E-state index contributed by atoms with van der Waals surface area (Å²) in [5.74, 6) is 0.231. The number of aryl methyl sites for hydroxylation is 2. The van der Waals surface area contributed by atoms with Crippen LogP contribution in [0.4, 0.5) is 0 Å². The van der Waals surface area contributed by atoms with Gasteiger partial charge in [0.05, 0.1) is 23.1 Å². The van der Waals surface area contributed by atoms with Crippen molar-refractivity contribution >= 4 is 16.8 Å². The summed E-state index contributed by atoms with van der Waals surface area (Å²) in [5, 5.41) is 4.16. The number of rotatable bonds is 5. The van der Waals surface area contributed by atoms with Crippen LogP contribution in [-0.2, 0) is 6.54 Å². The van der Waals surface area contributed by atoms with Crippen molar-refractivity contribution < 1.29 is 4.79 Å². The van der Waals surface area contributed by atoms with Gasteiger partial charge in [-0.2, -0.15) is 0 Å². The van der Waals surface area contributed by atoms with Crippen LogP contribution in [0.3, 0.4) is 0 Å². The van der Waals surface area contributed by atoms with Crippen molar-refractivity contribution in [2.75, 3.05) is 0 Å². The summed E-state index contributed by atoms with van der Waals surface area (Å²) < 4.78 is 1.99. The van der Waals surface area contributed by atoms with Crippen LogP contribution >= 0.6 is 0 Å². The van der Waals surface area contributed by atoms with Crippen LogP contribution in [0.2, 0.25) is 0 Å². The molecular weight excluding hydrogens is 312 g/mol. The molecule has 0 unspecified atom stereocenters. The van der Waals surface area contributed by atoms with Crippen LogP contribution < -0.4 is 5.32 Å². The second-order valence-corrected chi connectivity index (χ2v) is 6.90. The molecule has 0 bridgehead atoms. The lowest BCUT2D eigenvalue weighted by Crippen LogP contribution is -2.41. The second kappa shape index (κ2) is 7.05. The highest BCUT2D eigenvalue weighted by Gasteiger charge is 2.19. The fourth-order valence-corrected chi connectivity index (χ4v) is 2.91. The second-order valence-electron chi connectivity index (χ2n) is 6.90. The standard InChI is InChI=1S/C20H24N4O/c1-13(2)19(11-24-8-7-21-12-24)23-20(25)17-10-16-9-14(3)5-6-18(16)22-15(17)4/h5-10,12-13,19H,11H2,1-4H3,(H,23,25)/t19-/m0/s1. The molecule has 5 heteroatoms. The summed E-state index contributed by atoms with van der Waals surface area (Å²) in [5.41, 5.74) is 3.46. The molecule has 1 amide bonds. The number of aromatic nitrogens is 3. The van der Waals surface area contributed by atoms with Gasteiger partial charge in [0.15, 0.2) is 0 Å². The van der Waals surface area contributed by atoms with Crippen molar-refractivity contribution in [2.45, 2.75) is 40.3 Å². The van der Waals surface area contributed by atoms with Gasteiger partial charge in [-0.05, 0) is 38.0 Å². The lowest BCUT2D eigenvalue weighted by Gasteiger charge is -2.23. The number of nitrogens with one attached hydrogen (secondary N) is 1. The Kier molecular flexibility index (Phi) is 4.83. The van der Waals surface area contributed by atoms with Gasteiger partial charge in [-0.3, -0.25) is 9.78 Å². The molecule has 25 heavy (non-hydrogen) atoms. The Labute approximate surface area is 148 Å². The first-order chi connectivity index (χ1) is 11.9. The highest BCUT2D eigenvalue weighted by Crippen LogP contribution is 2.18. The van der Waals surface area contributed by atoms with E-state index in [2.05, 4.69) is 35.2 Å². The van der Waals surface area contributed by atoms with Crippen LogP contribution in [0.15, 0.2) is 43.0 Å². The number of carbonyl (C=O) groups is 1. The number of hydrogen-bond donors (Lipinski definition) is 1. The Morgan fingerprint density at radius 3 is 2.72 bits per heavy atom. The smallest absolute Gasteiger partial charge is 0.253 e. The van der Waals surface area contributed by atoms with E-state index in [-0.39, 0.29) is 11.9 Å². The molecule has 3 rings (SSSR count). The van der Waals surface area contributed by atoms with Gasteiger partial charge < -0.3 is 9.88 Å². The van der Waals surface area contributed by atoms with Crippen molar-refractivity contribution in [1.82, 2.24) is 19.9 Å². The van der Waals surface area contributed by atoms with Gasteiger partial charge in [0, 0.05) is 30.4 Å². The largest absolute Gasteiger partial charge is 0.347 e. The third-order valence-electron chi connectivity index (χ3n) is 4.49. The number of imidazole rings is 1. The third-order valence-corrected chi connectivity index (χ3v) is 4.49. The number of nitrogens with zero attached hydrogens (tertiary/aromatic N) is 3. The predicted molar refractivity (Wildman–Crippen MR) is 99.5 cm³/mol. The zero-order chi connectivity index (χ0) is 18.0. The molecule has 0 radical (unpaired) electrons. The molecule has 2 heterocycles. The molecule has 0 saturated heterocycles. The Balaban J connectivity index is 1.86. The van der Waals surface area contributed by atoms with E-state index in [1.54, 1.807) is 12.5 Å². The first-order valence-corrected chi connectivity index (χ1v) is 8.58. The van der Waals surface area contributed by atoms with E-state index in [9.17, 15) is 4.79 Å². The van der Waals surface area contributed by atoms with Gasteiger partial charge in [-0.1, -0.05) is 25.5 Å². The summed E-state index contributed by atoms with van der Waals surface area (Å²) in [4.78, 5) is 21.5. The molecule has 0 aliphatic rings. The molecule has 0 saturated carbocycles. The average Bonchev–Trinajstić information content (AvgIpc) is 3.07. The van der Waals surface area contributed by atoms with Crippen molar-refractivity contribution in [3.05, 3.63) is 59.8 Å². The Bertz CT molecular complexity index is 884. The number of hydrogen-bond acceptors (Lipinski definition) is 3. The highest BCUT2D eigenvalue weighted by molar-refractivity contribution is 5.98. The minimum Gasteiger partial charge on any atom is -0.347 e. The van der Waals surface area contributed by atoms with Crippen molar-refractivity contribution in [2.24, 2.45) is 5.92 Å². The number of amides is 1. The highest BCUT2D eigenvalue weighted by atomic mass is 16.1. The van der Waals surface area contributed by atoms with E-state index in [0.717, 1.165) is 22.2 Å². The normalized spacial score (nSPS) is 12.5. The van der Waals surface area contributed by atoms with Crippen LogP contribution in [0.1, 0.15) is 35.5 Å². The summed E-state index contributed by atoms with van der Waals surface area (Å²) in [6.07, 6.45) is 5.43. The molecule has 130 valence electrons. The van der Waals surface area contributed by atoms with Gasteiger partial charge >= 0.3 is 0 Å². The SMILES string of the molecule is Cc1ccc2nc(C)c(C(=O)N[C@@H](Cn3ccnc3)C(C)C)cc2c1. The fraction of sp³-hybridized carbons (Fsp3) is 0.350. The Hall–Kier alpha value is -2.69. The molecule has 3 aromatic rings. The maximum atomic E-state index is 12.9. The summed E-state index contributed by atoms with van der Waals surface area (Å²) in [6.45, 7) is 8.84. The van der Waals surface area contributed by atoms with E-state index < -0.39 is 0 Å². The monoisotopic (exact) mass is 336 g/mol. The molecule has 0 spiro atoms. The maximum Gasteiger partial charge on any atom is 0.253 e. The molecule has 1 atom stereocenters. The molecular formula is C20H24N4O. The molecule has 0 fully saturated rings. The maximum absolute atomic E-state index is 12.9. The topological polar surface area (TPSA) is 59.8 Å². The zero-order valence-electron chi connectivity index (χ0n) is 15.2. The van der Waals surface area contributed by atoms with E-state index in [4.69, 9.17) is 0 Å². The Morgan fingerprint density at radius 1 is 1.24 bits per heavy atom. The van der Waals surface area contributed by atoms with Crippen molar-refractivity contribution in [3.8, 4) is 0 Å². The Morgan fingerprint density at radius 2 is 2.04 bits per heavy atom. The van der Waals surface area contributed by atoms with Crippen LogP contribution in [0.5, 0.6) is 0 Å². The van der Waals surface area contributed by atoms with Crippen molar-refractivity contribution in [1.29, 1.82) is 0 Å². The molecule has 0 aliphatic heterocycles. The molecule has 1 N–H and O–H groups in total. The summed E-state index contributed by atoms with van der Waals surface area (Å²) >= 11 is 0. The van der Waals surface area contributed by atoms with E-state index in [1.165, 1.54) is 0 Å². The summed E-state index contributed by atoms with van der Waals surface area (Å²) in [6, 6.07) is 8.05. The first-order valence-electron chi connectivity index (χ1n) is 8.58. The van der Waals surface area contributed by atoms with Gasteiger partial charge in [0.25, 0.3) is 5.91 Å². The quantitative estimate of drug-likeness (QED) is 0.776. The lowest BCUT2D eigenvalue weighted by molar-refractivity contribution is 0.0919. The first kappa shape index (κ1) is 17.1. The molecule has 0 aliphatic carbocycles. The van der Waals surface area contributed by atoms with Crippen LogP contribution in [0.25, 0.3) is 10.9 Å². The zero-order valence-corrected chi connectivity index (χ0v) is 15.2. The van der Waals surface area contributed by atoms with Gasteiger partial charge in [-0.15, -0.1) is 0 Å². The van der Waals surface area contributed by atoms with Gasteiger partial charge in [0.1, 0.15) is 0 Å². The number of fused-ring (bicyclic) bond motifs is 1. The third kappa shape index (κ3) is 3.87. The van der Waals surface area contributed by atoms with Gasteiger partial charge in [-0.25, -0.2) is 4.98 Å². The van der Waals surface area contributed by atoms with Crippen LogP contribution in [0, 0.1) is 19.8 Å². The lowest BCUT2D eigenvalue weighted by atomic mass is 10.0. The van der Waals surface area contributed by atoms with Gasteiger partial charge in [0.2, 0.25) is 0 Å². The molecule has 1 aromatic carbocycles. The summed E-state index contributed by atoms with van der Waals surface area (Å²) in [7, 11) is 0. The number of pyridine rings is 1. The molecule has 2 aromatic heterocycles. The van der Waals surface area contributed by atoms with Crippen molar-refractivity contribution in [3.63, 3.8) is 0 Å². The number of benzene rings is 1. The minimum atomic E-state index is -0.0766. The molecule has 5 nitrogen and oxygen atoms in total. The predicted octanol–water partition coefficient (Wildman–Crippen LogP) is 3.50. The number of carbonyl (C=O) groups excluding carboxylic acids is 1. The van der Waals surface area contributed by atoms with Crippen LogP contribution in [-0.4, -0.2) is 26.5 Å². The minimum absolute atomic E-state index is 0.0225. The average molecular weight is 336 g/mol. The van der Waals surface area contributed by atoms with E-state index >= 15 is 0 Å². The van der Waals surface area contributed by atoms with E-state index in [1.807, 2.05) is 42.8 Å². The van der Waals surface area contributed by atoms with E-state index in [0.29, 0.717) is 18.0 Å².